The first-order chi connectivity index (χ1) is 11.3. The lowest BCUT2D eigenvalue weighted by Gasteiger charge is -2.32. The van der Waals surface area contributed by atoms with Crippen LogP contribution in [0.25, 0.3) is 17.0 Å². The number of aldehydes is 1. The molecule has 6 heteroatoms. The maximum absolute atomic E-state index is 11.1. The topological polar surface area (TPSA) is 51.3 Å². The van der Waals surface area contributed by atoms with Crippen LogP contribution < -0.4 is 0 Å². The molecule has 1 saturated heterocycles. The number of nitrogens with one attached hydrogen (secondary N) is 1. The summed E-state index contributed by atoms with van der Waals surface area (Å²) in [6.07, 6.45) is 4.61. The van der Waals surface area contributed by atoms with Crippen LogP contribution in [-0.2, 0) is 9.31 Å². The van der Waals surface area contributed by atoms with Crippen LogP contribution in [0.3, 0.4) is 0 Å². The van der Waals surface area contributed by atoms with Crippen molar-refractivity contribution in [2.24, 2.45) is 0 Å². The number of hydrogen-bond acceptors (Lipinski definition) is 4. The predicted molar refractivity (Wildman–Crippen MR) is 102 cm³/mol. The Morgan fingerprint density at radius 3 is 2.50 bits per heavy atom. The smallest absolute Gasteiger partial charge is 0.400 e. The van der Waals surface area contributed by atoms with Crippen molar-refractivity contribution in [3.05, 3.63) is 41.0 Å². The molecule has 0 aliphatic carbocycles. The molecule has 1 aromatic heterocycles. The van der Waals surface area contributed by atoms with Crippen molar-refractivity contribution in [2.75, 3.05) is 5.75 Å². The number of carbonyl (C=O) groups is 1. The summed E-state index contributed by atoms with van der Waals surface area (Å²) >= 11 is 4.44. The lowest BCUT2D eigenvalue weighted by molar-refractivity contribution is 0.00578. The molecule has 3 rings (SSSR count). The maximum atomic E-state index is 11.1. The van der Waals surface area contributed by atoms with E-state index in [1.807, 2.05) is 52.0 Å². The van der Waals surface area contributed by atoms with E-state index in [1.54, 1.807) is 6.20 Å². The highest BCUT2D eigenvalue weighted by Gasteiger charge is 2.52. The number of H-pyrrole nitrogens is 1. The molecule has 1 aliphatic heterocycles. The average Bonchev–Trinajstić information content (AvgIpc) is 3.02. The Hall–Kier alpha value is -1.50. The molecule has 2 heterocycles. The number of carbonyl (C=O) groups excluding carboxylic acids is 1. The lowest BCUT2D eigenvalue weighted by atomic mass is 9.78. The van der Waals surface area contributed by atoms with Gasteiger partial charge in [0.05, 0.1) is 11.2 Å². The Morgan fingerprint density at radius 2 is 1.92 bits per heavy atom. The molecule has 1 fully saturated rings. The van der Waals surface area contributed by atoms with Gasteiger partial charge < -0.3 is 14.3 Å². The summed E-state index contributed by atoms with van der Waals surface area (Å²) in [6.45, 7) is 8.13. The molecule has 0 atom stereocenters. The Kier molecular flexibility index (Phi) is 4.40. The van der Waals surface area contributed by atoms with Crippen molar-refractivity contribution < 1.29 is 14.1 Å². The van der Waals surface area contributed by atoms with Gasteiger partial charge in [0.2, 0.25) is 0 Å². The van der Waals surface area contributed by atoms with Gasteiger partial charge in [0.1, 0.15) is 0 Å². The van der Waals surface area contributed by atoms with Gasteiger partial charge in [0.15, 0.2) is 6.29 Å². The van der Waals surface area contributed by atoms with Crippen LogP contribution in [0, 0.1) is 0 Å². The number of hydrogen-bond donors (Lipinski definition) is 2. The van der Waals surface area contributed by atoms with Gasteiger partial charge >= 0.3 is 7.12 Å². The fourth-order valence-electron chi connectivity index (χ4n) is 2.74. The van der Waals surface area contributed by atoms with E-state index in [-0.39, 0.29) is 11.2 Å². The Labute approximate surface area is 148 Å². The number of fused-ring (bicyclic) bond motifs is 1. The van der Waals surface area contributed by atoms with Crippen molar-refractivity contribution >= 4 is 43.0 Å². The largest absolute Gasteiger partial charge is 0.491 e. The summed E-state index contributed by atoms with van der Waals surface area (Å²) in [5, 5.41) is 0.909. The minimum Gasteiger partial charge on any atom is -0.400 e. The quantitative estimate of drug-likeness (QED) is 0.503. The summed E-state index contributed by atoms with van der Waals surface area (Å²) < 4.78 is 12.2. The second-order valence-corrected chi connectivity index (χ2v) is 7.45. The van der Waals surface area contributed by atoms with Gasteiger partial charge in [-0.25, -0.2) is 0 Å². The number of aromatic nitrogens is 1. The number of benzene rings is 1. The van der Waals surface area contributed by atoms with Gasteiger partial charge in [0, 0.05) is 28.4 Å². The van der Waals surface area contributed by atoms with Gasteiger partial charge in [-0.05, 0) is 50.9 Å². The van der Waals surface area contributed by atoms with Crippen LogP contribution in [0.4, 0.5) is 0 Å². The summed E-state index contributed by atoms with van der Waals surface area (Å²) in [6, 6.07) is 5.96. The third-order valence-corrected chi connectivity index (χ3v) is 5.32. The van der Waals surface area contributed by atoms with Crippen molar-refractivity contribution in [1.29, 1.82) is 0 Å². The van der Waals surface area contributed by atoms with Crippen molar-refractivity contribution in [3.8, 4) is 0 Å². The summed E-state index contributed by atoms with van der Waals surface area (Å²) in [5.74, 6) is 0.530. The SMILES string of the molecule is CC1(C)OB(C(=Cc2ccc3[nH]cc(C=O)c3c2)CS)OC1(C)C. The zero-order valence-electron chi connectivity index (χ0n) is 14.4. The number of thiol groups is 1. The number of aromatic amines is 1. The molecular formula is C18H22BNO3S. The molecule has 126 valence electrons. The molecule has 0 spiro atoms. The van der Waals surface area contributed by atoms with Gasteiger partial charge in [-0.3, -0.25) is 4.79 Å². The number of rotatable bonds is 4. The molecule has 4 nitrogen and oxygen atoms in total. The summed E-state index contributed by atoms with van der Waals surface area (Å²) in [4.78, 5) is 14.2. The molecule has 1 N–H and O–H groups in total. The highest BCUT2D eigenvalue weighted by Crippen LogP contribution is 2.39. The first-order valence-electron chi connectivity index (χ1n) is 8.01. The van der Waals surface area contributed by atoms with Gasteiger partial charge in [-0.1, -0.05) is 12.1 Å². The Bertz CT molecular complexity index is 794. The molecule has 0 radical (unpaired) electrons. The monoisotopic (exact) mass is 343 g/mol. The second kappa shape index (κ2) is 6.10. The molecule has 2 aromatic rings. The fourth-order valence-corrected chi connectivity index (χ4v) is 2.98. The van der Waals surface area contributed by atoms with E-state index in [0.717, 1.165) is 28.2 Å². The maximum Gasteiger partial charge on any atom is 0.491 e. The van der Waals surface area contributed by atoms with Gasteiger partial charge in [0.25, 0.3) is 0 Å². The molecule has 0 bridgehead atoms. The van der Waals surface area contributed by atoms with E-state index in [2.05, 4.69) is 17.6 Å². The molecule has 0 unspecified atom stereocenters. The molecular weight excluding hydrogens is 321 g/mol. The normalized spacial score (nSPS) is 19.9. The molecule has 1 aromatic carbocycles. The van der Waals surface area contributed by atoms with Crippen molar-refractivity contribution in [1.82, 2.24) is 4.98 Å². The van der Waals surface area contributed by atoms with E-state index < -0.39 is 7.12 Å². The first kappa shape index (κ1) is 17.3. The minimum atomic E-state index is -0.417. The highest BCUT2D eigenvalue weighted by molar-refractivity contribution is 7.80. The standard InChI is InChI=1S/C18H22BNO3S/c1-17(2)18(3,4)23-19(22-17)14(11-24)7-12-5-6-16-15(8-12)13(10-21)9-20-16/h5-10,20,24H,11H2,1-4H3. The first-order valence-corrected chi connectivity index (χ1v) is 8.64. The van der Waals surface area contributed by atoms with Crippen molar-refractivity contribution in [3.63, 3.8) is 0 Å². The van der Waals surface area contributed by atoms with E-state index in [1.165, 1.54) is 0 Å². The molecule has 0 saturated carbocycles. The van der Waals surface area contributed by atoms with Crippen LogP contribution in [-0.4, -0.2) is 35.3 Å². The van der Waals surface area contributed by atoms with Crippen LogP contribution in [0.5, 0.6) is 0 Å². The summed E-state index contributed by atoms with van der Waals surface area (Å²) in [5.41, 5.74) is 2.79. The molecule has 0 amide bonds. The van der Waals surface area contributed by atoms with Gasteiger partial charge in [-0.2, -0.15) is 12.6 Å². The van der Waals surface area contributed by atoms with Crippen LogP contribution in [0.1, 0.15) is 43.6 Å². The van der Waals surface area contributed by atoms with Crippen LogP contribution in [0.2, 0.25) is 0 Å². The summed E-state index contributed by atoms with van der Waals surface area (Å²) in [7, 11) is -0.417. The Morgan fingerprint density at radius 1 is 1.25 bits per heavy atom. The van der Waals surface area contributed by atoms with E-state index in [4.69, 9.17) is 9.31 Å². The van der Waals surface area contributed by atoms with E-state index in [9.17, 15) is 4.79 Å². The zero-order valence-corrected chi connectivity index (χ0v) is 15.3. The third kappa shape index (κ3) is 2.94. The van der Waals surface area contributed by atoms with Crippen LogP contribution in [0.15, 0.2) is 29.9 Å². The van der Waals surface area contributed by atoms with Crippen LogP contribution >= 0.6 is 12.6 Å². The fraction of sp³-hybridized carbons (Fsp3) is 0.389. The van der Waals surface area contributed by atoms with E-state index >= 15 is 0 Å². The second-order valence-electron chi connectivity index (χ2n) is 7.13. The molecule has 24 heavy (non-hydrogen) atoms. The third-order valence-electron chi connectivity index (χ3n) is 4.96. The lowest BCUT2D eigenvalue weighted by Crippen LogP contribution is -2.41. The predicted octanol–water partition coefficient (Wildman–Crippen LogP) is 3.93. The minimum absolute atomic E-state index is 0.380. The Balaban J connectivity index is 1.95. The van der Waals surface area contributed by atoms with Crippen molar-refractivity contribution in [2.45, 2.75) is 38.9 Å². The zero-order chi connectivity index (χ0) is 17.5. The van der Waals surface area contributed by atoms with E-state index in [0.29, 0.717) is 11.3 Å². The molecule has 1 aliphatic rings. The van der Waals surface area contributed by atoms with Gasteiger partial charge in [-0.15, -0.1) is 0 Å². The average molecular weight is 343 g/mol. The highest BCUT2D eigenvalue weighted by atomic mass is 32.1.